The number of nitrogens with one attached hydrogen (secondary N) is 1. The molecule has 1 aromatic rings. The van der Waals surface area contributed by atoms with E-state index < -0.39 is 5.60 Å². The Hall–Kier alpha value is -1.85. The fraction of sp³-hybridized carbons (Fsp3) is 0.667. The lowest BCUT2D eigenvalue weighted by atomic mass is 9.98. The number of alkyl carbamates (subject to hydrolysis) is 1. The number of aromatic nitrogens is 2. The summed E-state index contributed by atoms with van der Waals surface area (Å²) >= 11 is 0. The highest BCUT2D eigenvalue weighted by Crippen LogP contribution is 2.20. The van der Waals surface area contributed by atoms with Gasteiger partial charge in [0, 0.05) is 32.0 Å². The number of carbonyl (C=O) groups is 1. The molecule has 6 heteroatoms. The maximum Gasteiger partial charge on any atom is 0.407 e. The first-order chi connectivity index (χ1) is 9.94. The predicted octanol–water partition coefficient (Wildman–Crippen LogP) is 2.22. The summed E-state index contributed by atoms with van der Waals surface area (Å²) in [6, 6.07) is 0. The van der Waals surface area contributed by atoms with Crippen LogP contribution in [0.3, 0.4) is 0 Å². The van der Waals surface area contributed by atoms with E-state index in [1.807, 2.05) is 20.8 Å². The zero-order valence-electron chi connectivity index (χ0n) is 13.0. The molecule has 1 fully saturated rings. The molecule has 0 aromatic carbocycles. The molecular formula is C15H24N4O2. The topological polar surface area (TPSA) is 67.3 Å². The molecule has 1 aliphatic heterocycles. The third-order valence-corrected chi connectivity index (χ3v) is 3.33. The van der Waals surface area contributed by atoms with E-state index in [1.54, 1.807) is 18.6 Å². The van der Waals surface area contributed by atoms with Crippen molar-refractivity contribution in [3.63, 3.8) is 0 Å². The van der Waals surface area contributed by atoms with E-state index in [0.717, 1.165) is 31.7 Å². The van der Waals surface area contributed by atoms with Crippen molar-refractivity contribution in [2.45, 2.75) is 39.2 Å². The van der Waals surface area contributed by atoms with Gasteiger partial charge in [-0.2, -0.15) is 0 Å². The Kier molecular flexibility index (Phi) is 4.98. The number of amides is 1. The summed E-state index contributed by atoms with van der Waals surface area (Å²) in [6.07, 6.45) is 7.01. The van der Waals surface area contributed by atoms with Crippen molar-refractivity contribution in [2.24, 2.45) is 5.92 Å². The largest absolute Gasteiger partial charge is 0.444 e. The molecule has 1 saturated heterocycles. The van der Waals surface area contributed by atoms with Crippen LogP contribution in [0, 0.1) is 5.92 Å². The second kappa shape index (κ2) is 6.74. The normalized spacial score (nSPS) is 19.2. The zero-order chi connectivity index (χ0) is 15.3. The maximum atomic E-state index is 11.7. The molecule has 2 rings (SSSR count). The molecule has 2 heterocycles. The Morgan fingerprint density at radius 2 is 2.29 bits per heavy atom. The quantitative estimate of drug-likeness (QED) is 0.925. The fourth-order valence-corrected chi connectivity index (χ4v) is 2.44. The highest BCUT2D eigenvalue weighted by Gasteiger charge is 2.22. The number of ether oxygens (including phenoxy) is 1. The van der Waals surface area contributed by atoms with E-state index in [2.05, 4.69) is 20.2 Å². The van der Waals surface area contributed by atoms with Crippen LogP contribution in [0.25, 0.3) is 0 Å². The SMILES string of the molecule is CC(C)(C)OC(=O)NC[C@H]1CCCN(c2cnccn2)C1. The van der Waals surface area contributed by atoms with Crippen molar-refractivity contribution in [1.29, 1.82) is 0 Å². The van der Waals surface area contributed by atoms with Crippen LogP contribution in [-0.4, -0.2) is 41.3 Å². The minimum Gasteiger partial charge on any atom is -0.444 e. The van der Waals surface area contributed by atoms with Crippen LogP contribution >= 0.6 is 0 Å². The Bertz CT molecular complexity index is 458. The lowest BCUT2D eigenvalue weighted by molar-refractivity contribution is 0.0517. The van der Waals surface area contributed by atoms with Crippen LogP contribution in [-0.2, 0) is 4.74 Å². The summed E-state index contributed by atoms with van der Waals surface area (Å²) in [6.45, 7) is 8.09. The summed E-state index contributed by atoms with van der Waals surface area (Å²) in [5.41, 5.74) is -0.456. The molecule has 0 aliphatic carbocycles. The van der Waals surface area contributed by atoms with Crippen molar-refractivity contribution in [2.75, 3.05) is 24.5 Å². The minimum atomic E-state index is -0.456. The van der Waals surface area contributed by atoms with Gasteiger partial charge in [0.25, 0.3) is 0 Å². The Labute approximate surface area is 125 Å². The van der Waals surface area contributed by atoms with Crippen LogP contribution in [0.1, 0.15) is 33.6 Å². The van der Waals surface area contributed by atoms with E-state index in [9.17, 15) is 4.79 Å². The van der Waals surface area contributed by atoms with Crippen molar-refractivity contribution >= 4 is 11.9 Å². The van der Waals surface area contributed by atoms with Crippen LogP contribution in [0.5, 0.6) is 0 Å². The van der Waals surface area contributed by atoms with E-state index in [1.165, 1.54) is 0 Å². The summed E-state index contributed by atoms with van der Waals surface area (Å²) in [5, 5.41) is 2.86. The van der Waals surface area contributed by atoms with E-state index in [-0.39, 0.29) is 6.09 Å². The molecule has 1 aromatic heterocycles. The summed E-state index contributed by atoms with van der Waals surface area (Å²) < 4.78 is 5.25. The molecule has 1 amide bonds. The lowest BCUT2D eigenvalue weighted by Crippen LogP contribution is -2.42. The molecule has 0 radical (unpaired) electrons. The van der Waals surface area contributed by atoms with Gasteiger partial charge in [-0.1, -0.05) is 0 Å². The fourth-order valence-electron chi connectivity index (χ4n) is 2.44. The molecule has 0 bridgehead atoms. The smallest absolute Gasteiger partial charge is 0.407 e. The maximum absolute atomic E-state index is 11.7. The standard InChI is InChI=1S/C15H24N4O2/c1-15(2,3)21-14(20)18-9-12-5-4-8-19(11-12)13-10-16-6-7-17-13/h6-7,10,12H,4-5,8-9,11H2,1-3H3,(H,18,20)/t12-/m1/s1. The van der Waals surface area contributed by atoms with Crippen molar-refractivity contribution in [3.8, 4) is 0 Å². The van der Waals surface area contributed by atoms with Gasteiger partial charge >= 0.3 is 6.09 Å². The van der Waals surface area contributed by atoms with Crippen LogP contribution < -0.4 is 10.2 Å². The monoisotopic (exact) mass is 292 g/mol. The zero-order valence-corrected chi connectivity index (χ0v) is 13.0. The lowest BCUT2D eigenvalue weighted by Gasteiger charge is -2.33. The van der Waals surface area contributed by atoms with Crippen LogP contribution in [0.2, 0.25) is 0 Å². The molecule has 6 nitrogen and oxygen atoms in total. The molecule has 1 N–H and O–H groups in total. The second-order valence-electron chi connectivity index (χ2n) is 6.40. The first-order valence-corrected chi connectivity index (χ1v) is 7.42. The van der Waals surface area contributed by atoms with Gasteiger partial charge in [-0.05, 0) is 39.5 Å². The number of hydrogen-bond donors (Lipinski definition) is 1. The highest BCUT2D eigenvalue weighted by molar-refractivity contribution is 5.67. The molecule has 1 atom stereocenters. The minimum absolute atomic E-state index is 0.348. The molecular weight excluding hydrogens is 268 g/mol. The van der Waals surface area contributed by atoms with Gasteiger partial charge in [0.2, 0.25) is 0 Å². The van der Waals surface area contributed by atoms with Crippen molar-refractivity contribution < 1.29 is 9.53 Å². The Balaban J connectivity index is 1.81. The molecule has 0 spiro atoms. The van der Waals surface area contributed by atoms with Gasteiger partial charge < -0.3 is 15.0 Å². The average molecular weight is 292 g/mol. The van der Waals surface area contributed by atoms with Crippen LogP contribution in [0.4, 0.5) is 10.6 Å². The second-order valence-corrected chi connectivity index (χ2v) is 6.40. The average Bonchev–Trinajstić information content (AvgIpc) is 2.45. The Morgan fingerprint density at radius 1 is 1.48 bits per heavy atom. The van der Waals surface area contributed by atoms with Gasteiger partial charge in [-0.25, -0.2) is 9.78 Å². The summed E-state index contributed by atoms with van der Waals surface area (Å²) in [4.78, 5) is 22.3. The predicted molar refractivity (Wildman–Crippen MR) is 81.2 cm³/mol. The van der Waals surface area contributed by atoms with Gasteiger partial charge in [-0.3, -0.25) is 4.98 Å². The van der Waals surface area contributed by atoms with Crippen molar-refractivity contribution in [3.05, 3.63) is 18.6 Å². The van der Waals surface area contributed by atoms with E-state index in [0.29, 0.717) is 12.5 Å². The van der Waals surface area contributed by atoms with Gasteiger partial charge in [-0.15, -0.1) is 0 Å². The first-order valence-electron chi connectivity index (χ1n) is 7.42. The number of rotatable bonds is 3. The van der Waals surface area contributed by atoms with Gasteiger partial charge in [0.15, 0.2) is 0 Å². The number of piperidine rings is 1. The molecule has 21 heavy (non-hydrogen) atoms. The highest BCUT2D eigenvalue weighted by atomic mass is 16.6. The number of anilines is 1. The van der Waals surface area contributed by atoms with E-state index >= 15 is 0 Å². The van der Waals surface area contributed by atoms with Crippen molar-refractivity contribution in [1.82, 2.24) is 15.3 Å². The van der Waals surface area contributed by atoms with Gasteiger partial charge in [0.05, 0.1) is 6.20 Å². The van der Waals surface area contributed by atoms with Crippen LogP contribution in [0.15, 0.2) is 18.6 Å². The molecule has 0 unspecified atom stereocenters. The number of carbonyl (C=O) groups excluding carboxylic acids is 1. The first kappa shape index (κ1) is 15.5. The number of hydrogen-bond acceptors (Lipinski definition) is 5. The van der Waals surface area contributed by atoms with Gasteiger partial charge in [0.1, 0.15) is 11.4 Å². The molecule has 0 saturated carbocycles. The third-order valence-electron chi connectivity index (χ3n) is 3.33. The molecule has 1 aliphatic rings. The number of nitrogens with zero attached hydrogens (tertiary/aromatic N) is 3. The Morgan fingerprint density at radius 3 is 2.95 bits per heavy atom. The third kappa shape index (κ3) is 5.21. The van der Waals surface area contributed by atoms with E-state index in [4.69, 9.17) is 4.74 Å². The summed E-state index contributed by atoms with van der Waals surface area (Å²) in [5.74, 6) is 1.31. The molecule has 116 valence electrons. The summed E-state index contributed by atoms with van der Waals surface area (Å²) in [7, 11) is 0.